The number of allylic oxidation sites excluding steroid dienone is 20. The summed E-state index contributed by atoms with van der Waals surface area (Å²) in [4.78, 5) is 48.5. The minimum absolute atomic E-state index is 0.0797. The Kier molecular flexibility index (Phi) is 52.1. The predicted molar refractivity (Wildman–Crippen MR) is 306 cm³/mol. The van der Waals surface area contributed by atoms with Gasteiger partial charge in [0.15, 0.2) is 6.10 Å². The lowest BCUT2D eigenvalue weighted by atomic mass is 10.1. The van der Waals surface area contributed by atoms with Gasteiger partial charge in [0, 0.05) is 19.3 Å². The maximum atomic E-state index is 12.9. The summed E-state index contributed by atoms with van der Waals surface area (Å²) < 4.78 is 39.4. The minimum atomic E-state index is -4.78. The van der Waals surface area contributed by atoms with Gasteiger partial charge in [-0.1, -0.05) is 194 Å². The van der Waals surface area contributed by atoms with Gasteiger partial charge in [-0.3, -0.25) is 23.4 Å². The van der Waals surface area contributed by atoms with E-state index < -0.39 is 57.8 Å². The lowest BCUT2D eigenvalue weighted by Crippen LogP contribution is -2.30. The molecule has 0 aromatic rings. The zero-order valence-corrected chi connectivity index (χ0v) is 47.2. The number of unbranched alkanes of at least 4 members (excludes halogenated alkanes) is 14. The van der Waals surface area contributed by atoms with Gasteiger partial charge in [0.1, 0.15) is 12.7 Å². The van der Waals surface area contributed by atoms with E-state index in [4.69, 9.17) is 23.3 Å². The molecule has 0 amide bonds. The first-order chi connectivity index (χ1) is 36.2. The first-order valence-corrected chi connectivity index (χ1v) is 29.9. The van der Waals surface area contributed by atoms with Crippen LogP contribution in [0.4, 0.5) is 0 Å². The fraction of sp³-hybridized carbons (Fsp3) is 0.629. The summed E-state index contributed by atoms with van der Waals surface area (Å²) in [5.74, 6) is -1.58. The molecule has 0 aliphatic rings. The third kappa shape index (κ3) is 52.7. The molecular formula is C62H101O11P. The summed E-state index contributed by atoms with van der Waals surface area (Å²) in [7, 11) is -4.78. The molecular weight excluding hydrogens is 952 g/mol. The van der Waals surface area contributed by atoms with E-state index in [1.54, 1.807) is 0 Å². The number of phosphoric ester groups is 1. The largest absolute Gasteiger partial charge is 0.472 e. The molecule has 11 nitrogen and oxygen atoms in total. The summed E-state index contributed by atoms with van der Waals surface area (Å²) in [6.45, 7) is 4.28. The van der Waals surface area contributed by atoms with Crippen molar-refractivity contribution in [1.29, 1.82) is 0 Å². The molecule has 2 N–H and O–H groups in total. The second-order valence-electron chi connectivity index (χ2n) is 18.3. The lowest BCUT2D eigenvalue weighted by molar-refractivity contribution is -0.161. The number of aliphatic hydroxyl groups excluding tert-OH is 1. The fourth-order valence-corrected chi connectivity index (χ4v) is 7.87. The second-order valence-corrected chi connectivity index (χ2v) is 19.8. The molecule has 74 heavy (non-hydrogen) atoms. The third-order valence-electron chi connectivity index (χ3n) is 11.3. The Hall–Kier alpha value is -4.12. The molecule has 0 spiro atoms. The Morgan fingerprint density at radius 2 is 0.716 bits per heavy atom. The number of carbonyl (C=O) groups excluding carboxylic acids is 3. The molecule has 0 bridgehead atoms. The number of ether oxygens (including phenoxy) is 3. The van der Waals surface area contributed by atoms with Gasteiger partial charge >= 0.3 is 25.7 Å². The first-order valence-electron chi connectivity index (χ1n) is 28.4. The number of rotatable bonds is 51. The average Bonchev–Trinajstić information content (AvgIpc) is 3.39. The van der Waals surface area contributed by atoms with Crippen molar-refractivity contribution >= 4 is 25.7 Å². The van der Waals surface area contributed by atoms with Crippen LogP contribution in [0.15, 0.2) is 122 Å². The Morgan fingerprint density at radius 1 is 0.392 bits per heavy atom. The van der Waals surface area contributed by atoms with Gasteiger partial charge in [-0.05, 0) is 122 Å². The molecule has 0 saturated heterocycles. The van der Waals surface area contributed by atoms with Gasteiger partial charge in [0.25, 0.3) is 0 Å². The van der Waals surface area contributed by atoms with Gasteiger partial charge in [-0.25, -0.2) is 4.57 Å². The normalized spacial score (nSPS) is 14.3. The Labute approximate surface area is 449 Å². The SMILES string of the molecule is CC/C=C\C/C=C\C/C=C\C/C=C\C/C=C\CCCC(=O)OC(COC(=O)CCCCCCC/C=C\CCCCCC)COP(=O)(O)OCC(CO)OC(=O)CCCCCC/C=C\C/C=C\C/C=C\C/C=C\CC. The first kappa shape index (κ1) is 69.9. The summed E-state index contributed by atoms with van der Waals surface area (Å²) in [5.41, 5.74) is 0. The van der Waals surface area contributed by atoms with Crippen LogP contribution >= 0.6 is 7.82 Å². The second kappa shape index (κ2) is 55.1. The molecule has 0 saturated carbocycles. The van der Waals surface area contributed by atoms with E-state index in [1.165, 1.54) is 25.7 Å². The number of phosphoric acid groups is 1. The maximum Gasteiger partial charge on any atom is 0.472 e. The van der Waals surface area contributed by atoms with Crippen LogP contribution in [0.5, 0.6) is 0 Å². The van der Waals surface area contributed by atoms with Crippen LogP contribution in [-0.4, -0.2) is 66.5 Å². The van der Waals surface area contributed by atoms with Crippen molar-refractivity contribution in [2.24, 2.45) is 0 Å². The summed E-state index contributed by atoms with van der Waals surface area (Å²) >= 11 is 0. The number of esters is 3. The molecule has 0 radical (unpaired) electrons. The molecule has 12 heteroatoms. The summed E-state index contributed by atoms with van der Waals surface area (Å²) in [5, 5.41) is 9.81. The van der Waals surface area contributed by atoms with Crippen molar-refractivity contribution in [3.8, 4) is 0 Å². The van der Waals surface area contributed by atoms with Crippen LogP contribution < -0.4 is 0 Å². The Balaban J connectivity index is 4.84. The summed E-state index contributed by atoms with van der Waals surface area (Å²) in [6.07, 6.45) is 67.3. The predicted octanol–water partition coefficient (Wildman–Crippen LogP) is 16.8. The standard InChI is InChI=1S/C62H101O11P/c1-4-7-10-13-16-19-22-25-27-29-31-34-37-40-43-46-49-52-61(65)72-58(54-63)56-70-74(67,68)71-57-59(55-69-60(64)51-48-45-42-39-36-33-24-21-18-15-12-9-6-3)73-62(66)53-50-47-44-41-38-35-32-30-28-26-23-20-17-14-11-8-5-2/h7-8,10-11,16-17,19-21,24-28,31-32,34-35,41,44,58-59,63H,4-6,9,12-15,18,22-23,29-30,33,36-40,42-43,45-57H2,1-3H3,(H,67,68)/b10-7-,11-8-,19-16-,20-17-,24-21-,27-25-,28-26-,34-31-,35-32-,44-41-. The highest BCUT2D eigenvalue weighted by Crippen LogP contribution is 2.43. The van der Waals surface area contributed by atoms with Crippen molar-refractivity contribution in [3.05, 3.63) is 122 Å². The van der Waals surface area contributed by atoms with E-state index in [2.05, 4.69) is 130 Å². The highest BCUT2D eigenvalue weighted by Gasteiger charge is 2.28. The molecule has 0 fully saturated rings. The lowest BCUT2D eigenvalue weighted by Gasteiger charge is -2.21. The van der Waals surface area contributed by atoms with Crippen molar-refractivity contribution < 1.29 is 52.2 Å². The van der Waals surface area contributed by atoms with Crippen LogP contribution in [0.1, 0.15) is 213 Å². The molecule has 0 aromatic heterocycles. The van der Waals surface area contributed by atoms with E-state index in [9.17, 15) is 28.9 Å². The quantitative estimate of drug-likeness (QED) is 0.0197. The zero-order valence-electron chi connectivity index (χ0n) is 46.3. The van der Waals surface area contributed by atoms with Crippen molar-refractivity contribution in [2.75, 3.05) is 26.4 Å². The van der Waals surface area contributed by atoms with Crippen LogP contribution in [0.25, 0.3) is 0 Å². The van der Waals surface area contributed by atoms with Crippen LogP contribution in [0.2, 0.25) is 0 Å². The molecule has 3 unspecified atom stereocenters. The van der Waals surface area contributed by atoms with E-state index in [1.807, 2.05) is 12.2 Å². The Bertz CT molecular complexity index is 1700. The minimum Gasteiger partial charge on any atom is -0.462 e. The smallest absolute Gasteiger partial charge is 0.462 e. The highest BCUT2D eigenvalue weighted by molar-refractivity contribution is 7.47. The highest BCUT2D eigenvalue weighted by atomic mass is 31.2. The third-order valence-corrected chi connectivity index (χ3v) is 12.3. The molecule has 0 aliphatic carbocycles. The van der Waals surface area contributed by atoms with E-state index in [0.717, 1.165) is 122 Å². The number of aliphatic hydroxyl groups is 1. The van der Waals surface area contributed by atoms with Gasteiger partial charge in [-0.15, -0.1) is 0 Å². The van der Waals surface area contributed by atoms with E-state index in [0.29, 0.717) is 25.7 Å². The van der Waals surface area contributed by atoms with E-state index in [-0.39, 0.29) is 25.9 Å². The van der Waals surface area contributed by atoms with Gasteiger partial charge in [0.2, 0.25) is 0 Å². The molecule has 3 atom stereocenters. The fourth-order valence-electron chi connectivity index (χ4n) is 7.08. The number of hydrogen-bond acceptors (Lipinski definition) is 10. The van der Waals surface area contributed by atoms with Gasteiger partial charge < -0.3 is 24.2 Å². The molecule has 420 valence electrons. The monoisotopic (exact) mass is 1050 g/mol. The molecule has 0 aliphatic heterocycles. The van der Waals surface area contributed by atoms with Crippen molar-refractivity contribution in [2.45, 2.75) is 226 Å². The van der Waals surface area contributed by atoms with Crippen LogP contribution in [0.3, 0.4) is 0 Å². The topological polar surface area (TPSA) is 155 Å². The van der Waals surface area contributed by atoms with Gasteiger partial charge in [0.05, 0.1) is 19.8 Å². The molecule has 0 rings (SSSR count). The van der Waals surface area contributed by atoms with Crippen LogP contribution in [0, 0.1) is 0 Å². The Morgan fingerprint density at radius 3 is 1.15 bits per heavy atom. The van der Waals surface area contributed by atoms with Crippen molar-refractivity contribution in [1.82, 2.24) is 0 Å². The summed E-state index contributed by atoms with van der Waals surface area (Å²) in [6, 6.07) is 0. The van der Waals surface area contributed by atoms with E-state index >= 15 is 0 Å². The molecule has 0 heterocycles. The number of carbonyl (C=O) groups is 3. The maximum absolute atomic E-state index is 12.9. The zero-order chi connectivity index (χ0) is 54.1. The average molecular weight is 1050 g/mol. The van der Waals surface area contributed by atoms with Crippen LogP contribution in [-0.2, 0) is 42.2 Å². The van der Waals surface area contributed by atoms with Crippen molar-refractivity contribution in [3.63, 3.8) is 0 Å². The van der Waals surface area contributed by atoms with Gasteiger partial charge in [-0.2, -0.15) is 0 Å². The number of hydrogen-bond donors (Lipinski definition) is 2. The molecule has 0 aromatic carbocycles.